The van der Waals surface area contributed by atoms with Gasteiger partial charge in [0, 0.05) is 0 Å². The molecule has 1 amide bonds. The van der Waals surface area contributed by atoms with Gasteiger partial charge in [-0.15, -0.1) is 11.3 Å². The van der Waals surface area contributed by atoms with Gasteiger partial charge in [-0.2, -0.15) is 0 Å². The number of hydrogen-bond acceptors (Lipinski definition) is 4. The number of thiazole rings is 1. The van der Waals surface area contributed by atoms with E-state index in [1.165, 1.54) is 0 Å². The summed E-state index contributed by atoms with van der Waals surface area (Å²) in [7, 11) is 1.90. The third kappa shape index (κ3) is 4.01. The van der Waals surface area contributed by atoms with Gasteiger partial charge in [0.2, 0.25) is 5.91 Å². The van der Waals surface area contributed by atoms with E-state index in [2.05, 4.69) is 16.4 Å². The fourth-order valence-corrected chi connectivity index (χ4v) is 4.12. The smallest absolute Gasteiger partial charge is 0.238 e. The molecule has 0 saturated carbocycles. The monoisotopic (exact) mass is 407 g/mol. The van der Waals surface area contributed by atoms with Crippen molar-refractivity contribution < 1.29 is 4.79 Å². The fraction of sp³-hybridized carbons (Fsp3) is 0.263. The SMILES string of the molecule is Cc1ccc(Cl)c(NC(=O)CN(C)[C@H](C)c2nc3ccccc3s2)c1Cl. The van der Waals surface area contributed by atoms with Crippen LogP contribution in [-0.2, 0) is 4.79 Å². The number of nitrogens with one attached hydrogen (secondary N) is 1. The molecule has 1 N–H and O–H groups in total. The maximum absolute atomic E-state index is 12.5. The van der Waals surface area contributed by atoms with E-state index in [0.29, 0.717) is 15.7 Å². The number of likely N-dealkylation sites (N-methyl/N-ethyl adjacent to an activating group) is 1. The van der Waals surface area contributed by atoms with E-state index in [0.717, 1.165) is 20.8 Å². The first-order chi connectivity index (χ1) is 12.4. The topological polar surface area (TPSA) is 45.2 Å². The minimum absolute atomic E-state index is 0.0154. The number of aryl methyl sites for hydroxylation is 1. The predicted octanol–water partition coefficient (Wildman–Crippen LogP) is 5.54. The molecule has 4 nitrogen and oxygen atoms in total. The van der Waals surface area contributed by atoms with E-state index in [1.54, 1.807) is 17.4 Å². The van der Waals surface area contributed by atoms with Crippen molar-refractivity contribution in [2.45, 2.75) is 19.9 Å². The lowest BCUT2D eigenvalue weighted by Crippen LogP contribution is -2.32. The lowest BCUT2D eigenvalue weighted by Gasteiger charge is -2.22. The Morgan fingerprint density at radius 3 is 2.73 bits per heavy atom. The van der Waals surface area contributed by atoms with E-state index in [1.807, 2.05) is 50.1 Å². The summed E-state index contributed by atoms with van der Waals surface area (Å²) < 4.78 is 1.14. The maximum Gasteiger partial charge on any atom is 0.238 e. The van der Waals surface area contributed by atoms with E-state index in [9.17, 15) is 4.79 Å². The Hall–Kier alpha value is -1.66. The molecule has 0 fully saturated rings. The van der Waals surface area contributed by atoms with Crippen LogP contribution in [-0.4, -0.2) is 29.4 Å². The number of nitrogens with zero attached hydrogens (tertiary/aromatic N) is 2. The molecule has 0 aliphatic carbocycles. The first-order valence-corrected chi connectivity index (χ1v) is 9.74. The number of halogens is 2. The highest BCUT2D eigenvalue weighted by Crippen LogP contribution is 2.33. The molecule has 1 heterocycles. The summed E-state index contributed by atoms with van der Waals surface area (Å²) in [6, 6.07) is 11.6. The molecule has 26 heavy (non-hydrogen) atoms. The predicted molar refractivity (Wildman–Crippen MR) is 110 cm³/mol. The minimum atomic E-state index is -0.171. The number of amides is 1. The van der Waals surface area contributed by atoms with Crippen LogP contribution in [0.1, 0.15) is 23.5 Å². The quantitative estimate of drug-likeness (QED) is 0.603. The van der Waals surface area contributed by atoms with Crippen molar-refractivity contribution in [2.75, 3.05) is 18.9 Å². The van der Waals surface area contributed by atoms with Gasteiger partial charge in [-0.3, -0.25) is 9.69 Å². The second kappa shape index (κ2) is 7.92. The summed E-state index contributed by atoms with van der Waals surface area (Å²) >= 11 is 14.1. The highest BCUT2D eigenvalue weighted by Gasteiger charge is 2.19. The van der Waals surface area contributed by atoms with E-state index in [-0.39, 0.29) is 18.5 Å². The average Bonchev–Trinajstić information content (AvgIpc) is 3.05. The number of anilines is 1. The van der Waals surface area contributed by atoms with Gasteiger partial charge in [-0.05, 0) is 44.7 Å². The van der Waals surface area contributed by atoms with Crippen LogP contribution in [0.5, 0.6) is 0 Å². The van der Waals surface area contributed by atoms with Crippen molar-refractivity contribution in [3.05, 3.63) is 57.0 Å². The molecule has 0 bridgehead atoms. The molecule has 0 spiro atoms. The summed E-state index contributed by atoms with van der Waals surface area (Å²) in [6.45, 7) is 4.12. The number of para-hydroxylation sites is 1. The van der Waals surface area contributed by atoms with Crippen molar-refractivity contribution in [2.24, 2.45) is 0 Å². The second-order valence-corrected chi connectivity index (χ2v) is 8.06. The molecule has 0 unspecified atom stereocenters. The van der Waals surface area contributed by atoms with Crippen LogP contribution in [0.15, 0.2) is 36.4 Å². The van der Waals surface area contributed by atoms with Crippen LogP contribution in [0.3, 0.4) is 0 Å². The maximum atomic E-state index is 12.5. The van der Waals surface area contributed by atoms with E-state index in [4.69, 9.17) is 23.2 Å². The molecule has 0 saturated heterocycles. The molecule has 2 aromatic carbocycles. The fourth-order valence-electron chi connectivity index (χ4n) is 2.57. The number of carbonyl (C=O) groups is 1. The third-order valence-corrected chi connectivity index (χ3v) is 6.28. The zero-order valence-electron chi connectivity index (χ0n) is 14.7. The Labute approximate surface area is 166 Å². The zero-order chi connectivity index (χ0) is 18.8. The minimum Gasteiger partial charge on any atom is -0.322 e. The van der Waals surface area contributed by atoms with Gasteiger partial charge >= 0.3 is 0 Å². The zero-order valence-corrected chi connectivity index (χ0v) is 17.0. The van der Waals surface area contributed by atoms with Gasteiger partial charge < -0.3 is 5.32 Å². The Kier molecular flexibility index (Phi) is 5.82. The molecule has 3 aromatic rings. The van der Waals surface area contributed by atoms with Crippen LogP contribution in [0.25, 0.3) is 10.2 Å². The average molecular weight is 408 g/mol. The molecular weight excluding hydrogens is 389 g/mol. The number of benzene rings is 2. The van der Waals surface area contributed by atoms with Crippen LogP contribution < -0.4 is 5.32 Å². The van der Waals surface area contributed by atoms with E-state index < -0.39 is 0 Å². The molecule has 3 rings (SSSR count). The number of aromatic nitrogens is 1. The van der Waals surface area contributed by atoms with Gasteiger partial charge in [0.25, 0.3) is 0 Å². The number of fused-ring (bicyclic) bond motifs is 1. The number of hydrogen-bond donors (Lipinski definition) is 1. The van der Waals surface area contributed by atoms with Crippen molar-refractivity contribution in [3.8, 4) is 0 Å². The van der Waals surface area contributed by atoms with Crippen molar-refractivity contribution in [3.63, 3.8) is 0 Å². The van der Waals surface area contributed by atoms with Gasteiger partial charge in [0.05, 0.1) is 38.5 Å². The second-order valence-electron chi connectivity index (χ2n) is 6.21. The summed E-state index contributed by atoms with van der Waals surface area (Å²) in [6.07, 6.45) is 0. The summed E-state index contributed by atoms with van der Waals surface area (Å²) in [5.41, 5.74) is 2.30. The lowest BCUT2D eigenvalue weighted by molar-refractivity contribution is -0.117. The number of carbonyl (C=O) groups excluding carboxylic acids is 1. The van der Waals surface area contributed by atoms with Crippen molar-refractivity contribution >= 4 is 56.3 Å². The van der Waals surface area contributed by atoms with Crippen molar-refractivity contribution in [1.29, 1.82) is 0 Å². The van der Waals surface area contributed by atoms with Gasteiger partial charge in [-0.25, -0.2) is 4.98 Å². The first kappa shape index (κ1) is 19.1. The molecule has 0 radical (unpaired) electrons. The van der Waals surface area contributed by atoms with Crippen LogP contribution in [0.4, 0.5) is 5.69 Å². The summed E-state index contributed by atoms with van der Waals surface area (Å²) in [5, 5.41) is 4.69. The van der Waals surface area contributed by atoms with Crippen LogP contribution in [0, 0.1) is 6.92 Å². The Balaban J connectivity index is 1.70. The van der Waals surface area contributed by atoms with Gasteiger partial charge in [0.15, 0.2) is 0 Å². The van der Waals surface area contributed by atoms with Crippen LogP contribution >= 0.6 is 34.5 Å². The van der Waals surface area contributed by atoms with Crippen molar-refractivity contribution in [1.82, 2.24) is 9.88 Å². The van der Waals surface area contributed by atoms with Crippen LogP contribution in [0.2, 0.25) is 10.0 Å². The molecule has 136 valence electrons. The highest BCUT2D eigenvalue weighted by molar-refractivity contribution is 7.18. The molecular formula is C19H19Cl2N3OS. The van der Waals surface area contributed by atoms with Gasteiger partial charge in [-0.1, -0.05) is 41.4 Å². The normalized spacial score (nSPS) is 12.5. The molecule has 1 aromatic heterocycles. The number of rotatable bonds is 5. The Bertz CT molecular complexity index is 924. The third-order valence-electron chi connectivity index (χ3n) is 4.27. The molecule has 7 heteroatoms. The van der Waals surface area contributed by atoms with Gasteiger partial charge in [0.1, 0.15) is 5.01 Å². The lowest BCUT2D eigenvalue weighted by atomic mass is 10.2. The summed E-state index contributed by atoms with van der Waals surface area (Å²) in [5.74, 6) is -0.171. The Morgan fingerprint density at radius 1 is 1.27 bits per heavy atom. The standard InChI is InChI=1S/C19H19Cl2N3OS/c1-11-8-9-13(20)18(17(11)21)23-16(25)10-24(3)12(2)19-22-14-6-4-5-7-15(14)26-19/h4-9,12H,10H2,1-3H3,(H,23,25)/t12-/m1/s1. The highest BCUT2D eigenvalue weighted by atomic mass is 35.5. The first-order valence-electron chi connectivity index (χ1n) is 8.17. The molecule has 1 atom stereocenters. The molecule has 0 aliphatic rings. The summed E-state index contributed by atoms with van der Waals surface area (Å²) in [4.78, 5) is 19.1. The Morgan fingerprint density at radius 2 is 2.00 bits per heavy atom. The molecule has 0 aliphatic heterocycles. The largest absolute Gasteiger partial charge is 0.322 e. The van der Waals surface area contributed by atoms with E-state index >= 15 is 0 Å².